The highest BCUT2D eigenvalue weighted by Gasteiger charge is 2.54. The first kappa shape index (κ1) is 32.0. The van der Waals surface area contributed by atoms with Crippen LogP contribution in [0, 0.1) is 0 Å². The molecule has 0 radical (unpaired) electrons. The van der Waals surface area contributed by atoms with Crippen LogP contribution in [0.5, 0.6) is 0 Å². The molecular formula is C32H45ClN4O4Si. The maximum absolute atomic E-state index is 14.0. The van der Waals surface area contributed by atoms with Crippen LogP contribution in [0.4, 0.5) is 16.2 Å². The number of para-hydroxylation sites is 1. The van der Waals surface area contributed by atoms with Crippen molar-refractivity contribution in [2.24, 2.45) is 4.99 Å². The largest absolute Gasteiger partial charge is 0.444 e. The van der Waals surface area contributed by atoms with Gasteiger partial charge >= 0.3 is 6.09 Å². The van der Waals surface area contributed by atoms with Gasteiger partial charge in [0.2, 0.25) is 11.9 Å². The van der Waals surface area contributed by atoms with Gasteiger partial charge in [-0.15, -0.1) is 0 Å². The molecule has 8 nitrogen and oxygen atoms in total. The third-order valence-corrected chi connectivity index (χ3v) is 13.1. The van der Waals surface area contributed by atoms with Crippen molar-refractivity contribution in [3.05, 3.63) is 59.1 Å². The van der Waals surface area contributed by atoms with Crippen LogP contribution in [0.1, 0.15) is 73.3 Å². The van der Waals surface area contributed by atoms with Crippen molar-refractivity contribution in [1.29, 1.82) is 0 Å². The topological polar surface area (TPSA) is 92.3 Å². The Labute approximate surface area is 256 Å². The molecule has 1 saturated carbocycles. The van der Waals surface area contributed by atoms with E-state index in [1.165, 1.54) is 0 Å². The minimum Gasteiger partial charge on any atom is -0.444 e. The number of nitrogens with one attached hydrogen (secondary N) is 2. The summed E-state index contributed by atoms with van der Waals surface area (Å²) in [6.07, 6.45) is 1.10. The van der Waals surface area contributed by atoms with Crippen molar-refractivity contribution >= 4 is 49.3 Å². The molecule has 2 N–H and O–H groups in total. The van der Waals surface area contributed by atoms with Gasteiger partial charge in [-0.2, -0.15) is 0 Å². The van der Waals surface area contributed by atoms with Crippen LogP contribution in [0.3, 0.4) is 0 Å². The zero-order chi connectivity index (χ0) is 31.1. The second-order valence-corrected chi connectivity index (χ2v) is 19.3. The van der Waals surface area contributed by atoms with Gasteiger partial charge in [-0.05, 0) is 76.9 Å². The van der Waals surface area contributed by atoms with E-state index in [9.17, 15) is 9.59 Å². The number of hydrogen-bond acceptors (Lipinski definition) is 6. The summed E-state index contributed by atoms with van der Waals surface area (Å²) in [6, 6.07) is 15.4. The quantitative estimate of drug-likeness (QED) is 0.309. The average molecular weight is 613 g/mol. The van der Waals surface area contributed by atoms with Crippen molar-refractivity contribution in [3.63, 3.8) is 0 Å². The Balaban J connectivity index is 1.70. The molecule has 2 aromatic rings. The predicted octanol–water partition coefficient (Wildman–Crippen LogP) is 7.97. The summed E-state index contributed by atoms with van der Waals surface area (Å²) < 4.78 is 12.4. The van der Waals surface area contributed by atoms with E-state index in [1.54, 1.807) is 25.7 Å². The summed E-state index contributed by atoms with van der Waals surface area (Å²) >= 11 is 6.95. The molecule has 0 bridgehead atoms. The second kappa shape index (κ2) is 11.3. The van der Waals surface area contributed by atoms with Crippen molar-refractivity contribution in [3.8, 4) is 0 Å². The van der Waals surface area contributed by atoms with Crippen LogP contribution in [-0.4, -0.2) is 48.9 Å². The van der Waals surface area contributed by atoms with Gasteiger partial charge in [0.05, 0.1) is 34.8 Å². The molecule has 0 spiro atoms. The van der Waals surface area contributed by atoms with Crippen LogP contribution in [-0.2, 0) is 19.5 Å². The Kier molecular flexibility index (Phi) is 8.63. The van der Waals surface area contributed by atoms with Crippen molar-refractivity contribution in [2.45, 2.75) is 103 Å². The van der Waals surface area contributed by atoms with Crippen LogP contribution >= 0.6 is 11.6 Å². The van der Waals surface area contributed by atoms with E-state index in [2.05, 4.69) is 44.5 Å². The number of rotatable bonds is 7. The standard InChI is InChI=1S/C32H45ClN4O4Si/c1-29(2,3)40-28(39)35-27-36-31(7,23-16-13-17-24(26(23)33)34-22-14-11-10-12-15-22)20-25(38)37(27)21-32(18-19-32)41-42(8,9)30(4,5)6/h10-17,34H,18-21H2,1-9H3,(H,35,36,39)/t31-/m0/s1. The number of carbonyl (C=O) groups is 2. The molecule has 0 aromatic heterocycles. The Bertz CT molecular complexity index is 1360. The first-order valence-corrected chi connectivity index (χ1v) is 17.8. The fourth-order valence-corrected chi connectivity index (χ4v) is 6.82. The van der Waals surface area contributed by atoms with E-state index in [4.69, 9.17) is 25.8 Å². The molecule has 0 saturated heterocycles. The number of amides is 2. The third kappa shape index (κ3) is 7.36. The van der Waals surface area contributed by atoms with Crippen LogP contribution in [0.15, 0.2) is 53.5 Å². The van der Waals surface area contributed by atoms with Gasteiger partial charge in [-0.3, -0.25) is 15.0 Å². The molecule has 228 valence electrons. The Morgan fingerprint density at radius 3 is 2.26 bits per heavy atom. The molecule has 2 aromatic carbocycles. The lowest BCUT2D eigenvalue weighted by Crippen LogP contribution is -2.57. The molecule has 2 aliphatic rings. The van der Waals surface area contributed by atoms with Crippen LogP contribution in [0.25, 0.3) is 0 Å². The van der Waals surface area contributed by atoms with E-state index in [-0.39, 0.29) is 23.3 Å². The van der Waals surface area contributed by atoms with E-state index in [1.807, 2.05) is 55.5 Å². The average Bonchev–Trinajstić information content (AvgIpc) is 3.59. The van der Waals surface area contributed by atoms with E-state index in [0.717, 1.165) is 18.5 Å². The molecule has 1 aliphatic carbocycles. The third-order valence-electron chi connectivity index (χ3n) is 8.18. The molecule has 1 heterocycles. The number of ether oxygens (including phenoxy) is 1. The van der Waals surface area contributed by atoms with E-state index >= 15 is 0 Å². The zero-order valence-corrected chi connectivity index (χ0v) is 28.1. The lowest BCUT2D eigenvalue weighted by atomic mass is 9.87. The highest BCUT2D eigenvalue weighted by Crippen LogP contribution is 2.49. The van der Waals surface area contributed by atoms with Gasteiger partial charge in [0.1, 0.15) is 5.60 Å². The molecule has 4 rings (SSSR count). The summed E-state index contributed by atoms with van der Waals surface area (Å²) in [4.78, 5) is 33.5. The van der Waals surface area contributed by atoms with Gasteiger partial charge in [-0.25, -0.2) is 9.79 Å². The number of guanidine groups is 1. The summed E-state index contributed by atoms with van der Waals surface area (Å²) in [5, 5.41) is 6.63. The number of aliphatic imine (C=N–C) groups is 1. The summed E-state index contributed by atoms with van der Waals surface area (Å²) in [6.45, 7) is 18.6. The second-order valence-electron chi connectivity index (χ2n) is 14.2. The van der Waals surface area contributed by atoms with Gasteiger partial charge < -0.3 is 14.5 Å². The van der Waals surface area contributed by atoms with Crippen LogP contribution < -0.4 is 10.6 Å². The van der Waals surface area contributed by atoms with Gasteiger partial charge in [0.25, 0.3) is 0 Å². The van der Waals surface area contributed by atoms with Gasteiger partial charge in [0, 0.05) is 11.3 Å². The number of alkyl carbamates (subject to hydrolysis) is 1. The number of nitrogens with zero attached hydrogens (tertiary/aromatic N) is 2. The fraction of sp³-hybridized carbons (Fsp3) is 0.531. The molecule has 1 fully saturated rings. The minimum atomic E-state index is -2.11. The molecule has 10 heteroatoms. The Morgan fingerprint density at radius 2 is 1.69 bits per heavy atom. The SMILES string of the molecule is CC(C)(C)OC(=O)NC1=N[C@](C)(c2cccc(Nc3ccccc3)c2Cl)CC(=O)N1CC1(O[Si](C)(C)C(C)(C)C)CC1. The monoisotopic (exact) mass is 612 g/mol. The minimum absolute atomic E-state index is 0.0221. The van der Waals surface area contributed by atoms with Crippen LogP contribution in [0.2, 0.25) is 23.2 Å². The molecule has 2 amide bonds. The molecule has 1 atom stereocenters. The summed E-state index contributed by atoms with van der Waals surface area (Å²) in [7, 11) is -2.11. The zero-order valence-electron chi connectivity index (χ0n) is 26.4. The molecular weight excluding hydrogens is 568 g/mol. The lowest BCUT2D eigenvalue weighted by Gasteiger charge is -2.42. The maximum Gasteiger partial charge on any atom is 0.414 e. The molecule has 1 aliphatic heterocycles. The highest BCUT2D eigenvalue weighted by molar-refractivity contribution is 6.74. The normalized spacial score (nSPS) is 20.6. The highest BCUT2D eigenvalue weighted by atomic mass is 35.5. The molecule has 42 heavy (non-hydrogen) atoms. The molecule has 0 unspecified atom stereocenters. The number of anilines is 2. The van der Waals surface area contributed by atoms with Crippen molar-refractivity contribution in [2.75, 3.05) is 11.9 Å². The van der Waals surface area contributed by atoms with Crippen molar-refractivity contribution in [1.82, 2.24) is 10.2 Å². The van der Waals surface area contributed by atoms with E-state index < -0.39 is 31.2 Å². The Morgan fingerprint density at radius 1 is 1.05 bits per heavy atom. The predicted molar refractivity (Wildman–Crippen MR) is 172 cm³/mol. The van der Waals surface area contributed by atoms with Gasteiger partial charge in [0.15, 0.2) is 8.32 Å². The van der Waals surface area contributed by atoms with Crippen molar-refractivity contribution < 1.29 is 18.8 Å². The smallest absolute Gasteiger partial charge is 0.414 e. The number of hydrogen-bond donors (Lipinski definition) is 2. The number of halogens is 1. The number of carbonyl (C=O) groups excluding carboxylic acids is 2. The fourth-order valence-electron chi connectivity index (χ4n) is 4.79. The lowest BCUT2D eigenvalue weighted by molar-refractivity contribution is -0.130. The van der Waals surface area contributed by atoms with Gasteiger partial charge in [-0.1, -0.05) is 62.7 Å². The first-order chi connectivity index (χ1) is 19.3. The van der Waals surface area contributed by atoms with E-state index in [0.29, 0.717) is 22.8 Å². The summed E-state index contributed by atoms with van der Waals surface area (Å²) in [5.74, 6) is -0.0215. The maximum atomic E-state index is 14.0. The first-order valence-electron chi connectivity index (χ1n) is 14.5. The number of benzene rings is 2. The Hall–Kier alpha value is -2.88. The summed E-state index contributed by atoms with van der Waals surface area (Å²) in [5.41, 5.74) is 0.0648.